The summed E-state index contributed by atoms with van der Waals surface area (Å²) < 4.78 is 0. The quantitative estimate of drug-likeness (QED) is 0.398. The summed E-state index contributed by atoms with van der Waals surface area (Å²) in [7, 11) is 0. The number of aryl methyl sites for hydroxylation is 1. The summed E-state index contributed by atoms with van der Waals surface area (Å²) in [6.07, 6.45) is 1.57. The molecular weight excluding hydrogens is 304 g/mol. The molecule has 0 atom stereocenters. The standard InChI is InChI=1S/C17H14N6O/c1-10-5-6-14-13(7-10)15-16(19-14)20-17(23-21-15)22-18-9-11-3-2-4-12(24)8-11/h2-9,24H,1H3,(H2,19,20,22,23)/b18-9-. The molecule has 0 saturated heterocycles. The van der Waals surface area contributed by atoms with Crippen LogP contribution in [-0.4, -0.2) is 31.5 Å². The molecule has 0 unspecified atom stereocenters. The number of H-pyrrole nitrogens is 1. The first-order valence-corrected chi connectivity index (χ1v) is 7.40. The third-order valence-corrected chi connectivity index (χ3v) is 3.62. The molecule has 4 rings (SSSR count). The number of benzene rings is 2. The number of aromatic hydroxyl groups is 1. The number of nitrogens with one attached hydrogen (secondary N) is 2. The van der Waals surface area contributed by atoms with E-state index in [4.69, 9.17) is 0 Å². The minimum atomic E-state index is 0.187. The number of rotatable bonds is 3. The molecule has 0 aliphatic carbocycles. The molecule has 24 heavy (non-hydrogen) atoms. The van der Waals surface area contributed by atoms with Crippen molar-refractivity contribution in [3.63, 3.8) is 0 Å². The molecule has 4 aromatic rings. The van der Waals surface area contributed by atoms with Crippen LogP contribution in [0.5, 0.6) is 5.75 Å². The summed E-state index contributed by atoms with van der Waals surface area (Å²) in [4.78, 5) is 7.61. The van der Waals surface area contributed by atoms with E-state index in [-0.39, 0.29) is 5.75 Å². The van der Waals surface area contributed by atoms with Crippen LogP contribution < -0.4 is 5.43 Å². The van der Waals surface area contributed by atoms with E-state index in [9.17, 15) is 5.11 Å². The van der Waals surface area contributed by atoms with Crippen molar-refractivity contribution in [3.8, 4) is 5.75 Å². The van der Waals surface area contributed by atoms with Crippen molar-refractivity contribution in [3.05, 3.63) is 53.6 Å². The zero-order chi connectivity index (χ0) is 16.5. The third-order valence-electron chi connectivity index (χ3n) is 3.62. The molecule has 0 aliphatic heterocycles. The topological polar surface area (TPSA) is 99.1 Å². The first kappa shape index (κ1) is 14.1. The van der Waals surface area contributed by atoms with Crippen molar-refractivity contribution in [2.45, 2.75) is 6.92 Å². The van der Waals surface area contributed by atoms with E-state index in [2.05, 4.69) is 36.8 Å². The number of anilines is 1. The Bertz CT molecular complexity index is 1070. The summed E-state index contributed by atoms with van der Waals surface area (Å²) >= 11 is 0. The van der Waals surface area contributed by atoms with Gasteiger partial charge in [-0.3, -0.25) is 0 Å². The Morgan fingerprint density at radius 1 is 1.17 bits per heavy atom. The molecule has 7 nitrogen and oxygen atoms in total. The molecular formula is C17H14N6O. The van der Waals surface area contributed by atoms with Gasteiger partial charge < -0.3 is 10.1 Å². The fourth-order valence-electron chi connectivity index (χ4n) is 2.50. The number of nitrogens with zero attached hydrogens (tertiary/aromatic N) is 4. The minimum absolute atomic E-state index is 0.187. The Labute approximate surface area is 137 Å². The smallest absolute Gasteiger partial charge is 0.265 e. The average molecular weight is 318 g/mol. The lowest BCUT2D eigenvalue weighted by Gasteiger charge is -1.98. The van der Waals surface area contributed by atoms with Gasteiger partial charge in [0.05, 0.1) is 6.21 Å². The van der Waals surface area contributed by atoms with E-state index in [1.165, 1.54) is 0 Å². The molecule has 118 valence electrons. The van der Waals surface area contributed by atoms with Crippen LogP contribution in [0.25, 0.3) is 22.1 Å². The van der Waals surface area contributed by atoms with E-state index < -0.39 is 0 Å². The van der Waals surface area contributed by atoms with E-state index in [1.54, 1.807) is 24.4 Å². The highest BCUT2D eigenvalue weighted by Crippen LogP contribution is 2.23. The number of hydrogen-bond acceptors (Lipinski definition) is 6. The number of phenols is 1. The minimum Gasteiger partial charge on any atom is -0.508 e. The fraction of sp³-hybridized carbons (Fsp3) is 0.0588. The number of hydrazone groups is 1. The van der Waals surface area contributed by atoms with E-state index in [0.29, 0.717) is 11.6 Å². The van der Waals surface area contributed by atoms with Gasteiger partial charge in [0.25, 0.3) is 5.95 Å². The molecule has 0 amide bonds. The Kier molecular flexibility index (Phi) is 3.31. The van der Waals surface area contributed by atoms with Crippen LogP contribution in [-0.2, 0) is 0 Å². The normalized spacial score (nSPS) is 11.5. The molecule has 3 N–H and O–H groups in total. The lowest BCUT2D eigenvalue weighted by Crippen LogP contribution is -1.98. The van der Waals surface area contributed by atoms with Crippen LogP contribution in [0.2, 0.25) is 0 Å². The lowest BCUT2D eigenvalue weighted by molar-refractivity contribution is 0.475. The van der Waals surface area contributed by atoms with Crippen LogP contribution in [0.4, 0.5) is 5.95 Å². The molecule has 0 radical (unpaired) electrons. The molecule has 0 fully saturated rings. The second kappa shape index (κ2) is 5.62. The highest BCUT2D eigenvalue weighted by atomic mass is 16.3. The van der Waals surface area contributed by atoms with Crippen molar-refractivity contribution >= 4 is 34.2 Å². The first-order valence-electron chi connectivity index (χ1n) is 7.40. The van der Waals surface area contributed by atoms with Gasteiger partial charge in [0.2, 0.25) is 0 Å². The van der Waals surface area contributed by atoms with Gasteiger partial charge in [0.15, 0.2) is 5.65 Å². The third kappa shape index (κ3) is 2.63. The van der Waals surface area contributed by atoms with Gasteiger partial charge >= 0.3 is 0 Å². The number of aromatic amines is 1. The summed E-state index contributed by atoms with van der Waals surface area (Å²) in [5.74, 6) is 0.480. The predicted molar refractivity (Wildman–Crippen MR) is 93.3 cm³/mol. The summed E-state index contributed by atoms with van der Waals surface area (Å²) in [6, 6.07) is 12.9. The van der Waals surface area contributed by atoms with Gasteiger partial charge in [0, 0.05) is 10.9 Å². The average Bonchev–Trinajstić information content (AvgIpc) is 2.92. The largest absolute Gasteiger partial charge is 0.508 e. The van der Waals surface area contributed by atoms with Gasteiger partial charge in [-0.05, 0) is 36.8 Å². The Balaban J connectivity index is 1.62. The molecule has 0 saturated carbocycles. The molecule has 0 spiro atoms. The van der Waals surface area contributed by atoms with Gasteiger partial charge in [0.1, 0.15) is 11.3 Å². The molecule has 7 heteroatoms. The van der Waals surface area contributed by atoms with Crippen molar-refractivity contribution < 1.29 is 5.11 Å². The molecule has 0 bridgehead atoms. The first-order chi connectivity index (χ1) is 11.7. The Morgan fingerprint density at radius 2 is 2.08 bits per heavy atom. The van der Waals surface area contributed by atoms with E-state index in [0.717, 1.165) is 27.5 Å². The van der Waals surface area contributed by atoms with Gasteiger partial charge in [-0.15, -0.1) is 10.2 Å². The maximum absolute atomic E-state index is 9.42. The van der Waals surface area contributed by atoms with E-state index in [1.807, 2.05) is 25.1 Å². The highest BCUT2D eigenvalue weighted by molar-refractivity contribution is 6.03. The molecule has 0 aliphatic rings. The van der Waals surface area contributed by atoms with Crippen LogP contribution in [0, 0.1) is 6.92 Å². The Hall–Kier alpha value is -3.48. The number of phenolic OH excluding ortho intramolecular Hbond substituents is 1. The maximum Gasteiger partial charge on any atom is 0.265 e. The second-order valence-electron chi connectivity index (χ2n) is 5.47. The molecule has 2 aromatic heterocycles. The SMILES string of the molecule is Cc1ccc2[nH]c3nc(N/N=C\c4cccc(O)c4)nnc3c2c1. The second-order valence-corrected chi connectivity index (χ2v) is 5.47. The van der Waals surface area contributed by atoms with Gasteiger partial charge in [-0.25, -0.2) is 5.43 Å². The van der Waals surface area contributed by atoms with Gasteiger partial charge in [-0.2, -0.15) is 10.1 Å². The number of hydrogen-bond donors (Lipinski definition) is 3. The molecule has 2 heterocycles. The maximum atomic E-state index is 9.42. The van der Waals surface area contributed by atoms with E-state index >= 15 is 0 Å². The van der Waals surface area contributed by atoms with Crippen LogP contribution in [0.1, 0.15) is 11.1 Å². The number of aromatic nitrogens is 4. The zero-order valence-corrected chi connectivity index (χ0v) is 12.9. The van der Waals surface area contributed by atoms with Crippen LogP contribution in [0.3, 0.4) is 0 Å². The monoisotopic (exact) mass is 318 g/mol. The van der Waals surface area contributed by atoms with Crippen molar-refractivity contribution in [1.29, 1.82) is 0 Å². The highest BCUT2D eigenvalue weighted by Gasteiger charge is 2.08. The summed E-state index contributed by atoms with van der Waals surface area (Å²) in [5, 5.41) is 22.8. The molecule has 2 aromatic carbocycles. The fourth-order valence-corrected chi connectivity index (χ4v) is 2.50. The van der Waals surface area contributed by atoms with Gasteiger partial charge in [-0.1, -0.05) is 23.8 Å². The Morgan fingerprint density at radius 3 is 2.96 bits per heavy atom. The van der Waals surface area contributed by atoms with Crippen LogP contribution in [0.15, 0.2) is 47.6 Å². The summed E-state index contributed by atoms with van der Waals surface area (Å²) in [6.45, 7) is 2.03. The van der Waals surface area contributed by atoms with Crippen molar-refractivity contribution in [2.75, 3.05) is 5.43 Å². The van der Waals surface area contributed by atoms with Crippen molar-refractivity contribution in [1.82, 2.24) is 20.2 Å². The zero-order valence-electron chi connectivity index (χ0n) is 12.9. The lowest BCUT2D eigenvalue weighted by atomic mass is 10.2. The summed E-state index contributed by atoms with van der Waals surface area (Å²) in [5.41, 5.74) is 7.02. The predicted octanol–water partition coefficient (Wildman–Crippen LogP) is 2.97. The number of fused-ring (bicyclic) bond motifs is 3. The van der Waals surface area contributed by atoms with Crippen LogP contribution >= 0.6 is 0 Å². The van der Waals surface area contributed by atoms with Crippen molar-refractivity contribution in [2.24, 2.45) is 5.10 Å².